The van der Waals surface area contributed by atoms with Gasteiger partial charge in [0.1, 0.15) is 24.5 Å². The predicted octanol–water partition coefficient (Wildman–Crippen LogP) is 3.14. The number of carbonyl (C=O) groups excluding carboxylic acids is 1. The molecule has 3 rings (SSSR count). The van der Waals surface area contributed by atoms with Crippen LogP contribution in [0.25, 0.3) is 0 Å². The summed E-state index contributed by atoms with van der Waals surface area (Å²) in [6.45, 7) is 13.5. The van der Waals surface area contributed by atoms with E-state index in [1.54, 1.807) is 16.2 Å². The number of carbonyl (C=O) groups is 1. The SMILES string of the molecule is C[n+]1ccsc1[C@H]1OC(C)(C)O[C@@H]1[C@@H]1COC(C)(C)N1C(=O)OC(C)(C)C. The molecule has 0 aromatic carbocycles. The lowest BCUT2D eigenvalue weighted by Gasteiger charge is -2.37. The highest BCUT2D eigenvalue weighted by molar-refractivity contribution is 7.09. The van der Waals surface area contributed by atoms with E-state index in [-0.39, 0.29) is 18.2 Å². The van der Waals surface area contributed by atoms with E-state index in [0.717, 1.165) is 5.01 Å². The summed E-state index contributed by atoms with van der Waals surface area (Å²) in [5.74, 6) is -0.751. The Morgan fingerprint density at radius 3 is 2.52 bits per heavy atom. The molecular weight excluding hydrogens is 368 g/mol. The van der Waals surface area contributed by atoms with Crippen molar-refractivity contribution in [2.45, 2.75) is 83.8 Å². The topological polar surface area (TPSA) is 61.1 Å². The molecule has 2 saturated heterocycles. The van der Waals surface area contributed by atoms with Gasteiger partial charge >= 0.3 is 6.09 Å². The van der Waals surface area contributed by atoms with Gasteiger partial charge in [-0.25, -0.2) is 4.79 Å². The van der Waals surface area contributed by atoms with Crippen LogP contribution in [-0.2, 0) is 26.0 Å². The van der Waals surface area contributed by atoms with Crippen LogP contribution in [0.2, 0.25) is 0 Å². The van der Waals surface area contributed by atoms with Gasteiger partial charge in [-0.15, -0.1) is 0 Å². The third-order valence-corrected chi connectivity index (χ3v) is 5.70. The summed E-state index contributed by atoms with van der Waals surface area (Å²) in [5.41, 5.74) is -1.38. The van der Waals surface area contributed by atoms with Crippen molar-refractivity contribution < 1.29 is 28.3 Å². The number of hydrogen-bond donors (Lipinski definition) is 0. The van der Waals surface area contributed by atoms with E-state index in [0.29, 0.717) is 6.61 Å². The van der Waals surface area contributed by atoms with Crippen molar-refractivity contribution in [2.75, 3.05) is 6.61 Å². The Balaban J connectivity index is 1.94. The molecule has 0 N–H and O–H groups in total. The largest absolute Gasteiger partial charge is 0.444 e. The van der Waals surface area contributed by atoms with Crippen LogP contribution >= 0.6 is 11.3 Å². The molecule has 27 heavy (non-hydrogen) atoms. The van der Waals surface area contributed by atoms with E-state index in [1.165, 1.54) is 0 Å². The number of nitrogens with zero attached hydrogens (tertiary/aromatic N) is 2. The maximum absolute atomic E-state index is 13.0. The Bertz CT molecular complexity index is 709. The molecule has 0 radical (unpaired) electrons. The first-order valence-electron chi connectivity index (χ1n) is 9.26. The highest BCUT2D eigenvalue weighted by Gasteiger charge is 2.57. The minimum atomic E-state index is -0.786. The van der Waals surface area contributed by atoms with E-state index >= 15 is 0 Å². The van der Waals surface area contributed by atoms with Gasteiger partial charge in [0, 0.05) is 0 Å². The standard InChI is InChI=1S/C19H31N2O5S/c1-17(2,3)26-16(22)21-12(11-23-18(21,4)5)13-14(25-19(6,7)24-13)15-20(8)9-10-27-15/h9-10,12-14H,11H2,1-8H3/q+1/t12-,13+,14-/m0/s1. The third-order valence-electron chi connectivity index (χ3n) is 4.68. The Morgan fingerprint density at radius 2 is 1.96 bits per heavy atom. The second-order valence-electron chi connectivity index (χ2n) is 9.05. The van der Waals surface area contributed by atoms with Gasteiger partial charge in [-0.1, -0.05) is 11.3 Å². The molecule has 152 valence electrons. The van der Waals surface area contributed by atoms with Crippen molar-refractivity contribution in [3.63, 3.8) is 0 Å². The smallest absolute Gasteiger partial charge is 0.412 e. The molecule has 1 aromatic rings. The molecular formula is C19H31N2O5S+. The lowest BCUT2D eigenvalue weighted by atomic mass is 10.0. The van der Waals surface area contributed by atoms with Crippen LogP contribution < -0.4 is 4.57 Å². The maximum Gasteiger partial charge on any atom is 0.412 e. The number of amides is 1. The molecule has 0 bridgehead atoms. The Labute approximate surface area is 165 Å². The average Bonchev–Trinajstić information content (AvgIpc) is 3.12. The van der Waals surface area contributed by atoms with Crippen molar-refractivity contribution in [2.24, 2.45) is 7.05 Å². The van der Waals surface area contributed by atoms with E-state index in [1.807, 2.05) is 71.7 Å². The van der Waals surface area contributed by atoms with Gasteiger partial charge in [0.25, 0.3) is 5.01 Å². The van der Waals surface area contributed by atoms with Gasteiger partial charge in [-0.3, -0.25) is 4.90 Å². The molecule has 7 nitrogen and oxygen atoms in total. The minimum Gasteiger partial charge on any atom is -0.444 e. The molecule has 0 aliphatic carbocycles. The van der Waals surface area contributed by atoms with Crippen LogP contribution in [0, 0.1) is 0 Å². The quantitative estimate of drug-likeness (QED) is 0.715. The van der Waals surface area contributed by atoms with Crippen molar-refractivity contribution in [3.05, 3.63) is 16.6 Å². The summed E-state index contributed by atoms with van der Waals surface area (Å²) >= 11 is 1.61. The minimum absolute atomic E-state index is 0.294. The predicted molar refractivity (Wildman–Crippen MR) is 100 cm³/mol. The zero-order valence-electron chi connectivity index (χ0n) is 17.4. The molecule has 2 aliphatic rings. The van der Waals surface area contributed by atoms with E-state index in [2.05, 4.69) is 0 Å². The molecule has 0 spiro atoms. The van der Waals surface area contributed by atoms with Crippen LogP contribution in [0.15, 0.2) is 11.6 Å². The Hall–Kier alpha value is -1.22. The van der Waals surface area contributed by atoms with Crippen LogP contribution in [-0.4, -0.2) is 46.9 Å². The molecule has 3 heterocycles. The molecule has 2 aliphatic heterocycles. The van der Waals surface area contributed by atoms with E-state index in [9.17, 15) is 4.79 Å². The highest BCUT2D eigenvalue weighted by Crippen LogP contribution is 2.44. The fourth-order valence-electron chi connectivity index (χ4n) is 3.62. The van der Waals surface area contributed by atoms with Gasteiger partial charge in [0.05, 0.1) is 18.0 Å². The zero-order chi connectivity index (χ0) is 20.2. The summed E-state index contributed by atoms with van der Waals surface area (Å²) in [6, 6.07) is -0.316. The van der Waals surface area contributed by atoms with Gasteiger partial charge in [-0.05, 0) is 48.5 Å². The number of aryl methyl sites for hydroxylation is 1. The second kappa shape index (κ2) is 6.69. The second-order valence-corrected chi connectivity index (χ2v) is 9.97. The molecule has 0 saturated carbocycles. The molecule has 2 fully saturated rings. The summed E-state index contributed by atoms with van der Waals surface area (Å²) in [6.07, 6.45) is 0.932. The monoisotopic (exact) mass is 399 g/mol. The summed E-state index contributed by atoms with van der Waals surface area (Å²) < 4.78 is 26.2. The number of rotatable bonds is 2. The van der Waals surface area contributed by atoms with Crippen molar-refractivity contribution >= 4 is 17.4 Å². The lowest BCUT2D eigenvalue weighted by Crippen LogP contribution is -2.54. The third kappa shape index (κ3) is 4.13. The Morgan fingerprint density at radius 1 is 1.30 bits per heavy atom. The highest BCUT2D eigenvalue weighted by atomic mass is 32.1. The fraction of sp³-hybridized carbons (Fsp3) is 0.789. The normalized spacial score (nSPS) is 29.9. The van der Waals surface area contributed by atoms with Crippen molar-refractivity contribution in [3.8, 4) is 0 Å². The van der Waals surface area contributed by atoms with E-state index in [4.69, 9.17) is 18.9 Å². The molecule has 3 atom stereocenters. The van der Waals surface area contributed by atoms with Gasteiger partial charge in [0.2, 0.25) is 0 Å². The first kappa shape index (κ1) is 20.5. The molecule has 1 amide bonds. The van der Waals surface area contributed by atoms with Crippen LogP contribution in [0.4, 0.5) is 4.79 Å². The average molecular weight is 400 g/mol. The van der Waals surface area contributed by atoms with Crippen LogP contribution in [0.1, 0.15) is 59.6 Å². The number of hydrogen-bond acceptors (Lipinski definition) is 6. The van der Waals surface area contributed by atoms with Crippen LogP contribution in [0.3, 0.4) is 0 Å². The first-order chi connectivity index (χ1) is 12.3. The van der Waals surface area contributed by atoms with Crippen molar-refractivity contribution in [1.82, 2.24) is 4.90 Å². The lowest BCUT2D eigenvalue weighted by molar-refractivity contribution is -0.677. The summed E-state index contributed by atoms with van der Waals surface area (Å²) in [7, 11) is 1.98. The van der Waals surface area contributed by atoms with Crippen molar-refractivity contribution in [1.29, 1.82) is 0 Å². The fourth-order valence-corrected chi connectivity index (χ4v) is 4.54. The zero-order valence-corrected chi connectivity index (χ0v) is 18.3. The summed E-state index contributed by atoms with van der Waals surface area (Å²) in [4.78, 5) is 14.7. The maximum atomic E-state index is 13.0. The number of ether oxygens (including phenoxy) is 4. The first-order valence-corrected chi connectivity index (χ1v) is 10.1. The number of thiazole rings is 1. The van der Waals surface area contributed by atoms with Gasteiger partial charge in [-0.2, -0.15) is 4.57 Å². The molecule has 8 heteroatoms. The van der Waals surface area contributed by atoms with Gasteiger partial charge < -0.3 is 18.9 Å². The molecule has 0 unspecified atom stereocenters. The van der Waals surface area contributed by atoms with Crippen LogP contribution in [0.5, 0.6) is 0 Å². The van der Waals surface area contributed by atoms with Gasteiger partial charge in [0.15, 0.2) is 18.1 Å². The molecule has 1 aromatic heterocycles. The summed E-state index contributed by atoms with van der Waals surface area (Å²) in [5, 5.41) is 3.06. The van der Waals surface area contributed by atoms with E-state index < -0.39 is 23.2 Å². The Kier molecular flexibility index (Phi) is 5.08. The number of aromatic nitrogens is 1.